The van der Waals surface area contributed by atoms with Gasteiger partial charge >= 0.3 is 0 Å². The van der Waals surface area contributed by atoms with Gasteiger partial charge in [-0.1, -0.05) is 6.08 Å². The number of sulfonamides is 1. The average Bonchev–Trinajstić information content (AvgIpc) is 3.30. The molecule has 1 fully saturated rings. The highest BCUT2D eigenvalue weighted by molar-refractivity contribution is 7.93. The van der Waals surface area contributed by atoms with Gasteiger partial charge in [0.15, 0.2) is 0 Å². The summed E-state index contributed by atoms with van der Waals surface area (Å²) in [5.74, 6) is 1.89. The lowest BCUT2D eigenvalue weighted by atomic mass is 10.1. The van der Waals surface area contributed by atoms with Gasteiger partial charge in [-0.15, -0.1) is 0 Å². The number of ether oxygens (including phenoxy) is 1. The molecule has 0 bridgehead atoms. The van der Waals surface area contributed by atoms with E-state index in [1.165, 1.54) is 32.0 Å². The molecule has 10 heteroatoms. The molecule has 0 amide bonds. The normalized spacial score (nSPS) is 18.7. The van der Waals surface area contributed by atoms with E-state index in [0.29, 0.717) is 24.8 Å². The smallest absolute Gasteiger partial charge is 0.237 e. The van der Waals surface area contributed by atoms with Crippen LogP contribution in [0.2, 0.25) is 0 Å². The molecule has 1 saturated heterocycles. The number of hydrogen-bond acceptors (Lipinski definition) is 8. The summed E-state index contributed by atoms with van der Waals surface area (Å²) in [4.78, 5) is 11.4. The first-order valence-corrected chi connectivity index (χ1v) is 12.6. The number of anilines is 3. The van der Waals surface area contributed by atoms with Gasteiger partial charge in [0.1, 0.15) is 18.2 Å². The molecule has 176 valence electrons. The lowest BCUT2D eigenvalue weighted by Gasteiger charge is -2.19. The van der Waals surface area contributed by atoms with E-state index in [-0.39, 0.29) is 10.9 Å². The summed E-state index contributed by atoms with van der Waals surface area (Å²) >= 11 is 0. The van der Waals surface area contributed by atoms with Crippen LogP contribution in [0, 0.1) is 6.92 Å². The Morgan fingerprint density at radius 3 is 2.70 bits per heavy atom. The van der Waals surface area contributed by atoms with E-state index >= 15 is 0 Å². The average molecular weight is 471 g/mol. The minimum atomic E-state index is -3.75. The van der Waals surface area contributed by atoms with Crippen LogP contribution in [0.4, 0.5) is 17.5 Å². The van der Waals surface area contributed by atoms with Crippen molar-refractivity contribution in [1.82, 2.24) is 14.9 Å². The van der Waals surface area contributed by atoms with Crippen molar-refractivity contribution in [3.05, 3.63) is 59.2 Å². The first-order valence-electron chi connectivity index (χ1n) is 11.1. The van der Waals surface area contributed by atoms with Crippen LogP contribution in [0.3, 0.4) is 0 Å². The molecule has 0 radical (unpaired) electrons. The molecular formula is C23H30N6O3S. The van der Waals surface area contributed by atoms with E-state index in [9.17, 15) is 8.42 Å². The van der Waals surface area contributed by atoms with E-state index in [1.807, 2.05) is 31.2 Å². The molecule has 1 atom stereocenters. The minimum absolute atomic E-state index is 0.0963. The van der Waals surface area contributed by atoms with Gasteiger partial charge in [-0.2, -0.15) is 4.98 Å². The molecular weight excluding hydrogens is 440 g/mol. The highest BCUT2D eigenvalue weighted by atomic mass is 32.2. The monoisotopic (exact) mass is 470 g/mol. The van der Waals surface area contributed by atoms with E-state index < -0.39 is 10.0 Å². The number of aryl methyl sites for hydroxylation is 1. The van der Waals surface area contributed by atoms with Crippen LogP contribution in [-0.4, -0.2) is 55.6 Å². The number of benzene rings is 1. The maximum absolute atomic E-state index is 11.6. The SMILES string of the molecule is Cc1cnc(Nc2ccc(OCCN3CCCC3)cc2)nc1NC1C=C(S(N)(=O)=O)C=CC1. The number of allylic oxidation sites excluding steroid dienone is 1. The van der Waals surface area contributed by atoms with Crippen LogP contribution in [0.5, 0.6) is 5.75 Å². The third-order valence-corrected chi connectivity index (χ3v) is 6.57. The molecule has 2 aromatic rings. The predicted molar refractivity (Wildman–Crippen MR) is 130 cm³/mol. The molecule has 4 N–H and O–H groups in total. The fourth-order valence-corrected chi connectivity index (χ4v) is 4.47. The van der Waals surface area contributed by atoms with Crippen molar-refractivity contribution in [2.75, 3.05) is 36.9 Å². The van der Waals surface area contributed by atoms with Gasteiger partial charge in [0, 0.05) is 24.0 Å². The van der Waals surface area contributed by atoms with Gasteiger partial charge in [-0.05, 0) is 75.7 Å². The fourth-order valence-electron chi connectivity index (χ4n) is 3.83. The van der Waals surface area contributed by atoms with Crippen molar-refractivity contribution in [2.45, 2.75) is 32.2 Å². The second-order valence-corrected chi connectivity index (χ2v) is 9.84. The molecule has 1 aliphatic carbocycles. The molecule has 0 spiro atoms. The van der Waals surface area contributed by atoms with Crippen LogP contribution in [0.1, 0.15) is 24.8 Å². The third kappa shape index (κ3) is 6.53. The predicted octanol–water partition coefficient (Wildman–Crippen LogP) is 2.92. The molecule has 1 unspecified atom stereocenters. The van der Waals surface area contributed by atoms with Gasteiger partial charge in [-0.3, -0.25) is 4.90 Å². The number of nitrogens with zero attached hydrogens (tertiary/aromatic N) is 3. The summed E-state index contributed by atoms with van der Waals surface area (Å²) in [5.41, 5.74) is 1.69. The van der Waals surface area contributed by atoms with Crippen LogP contribution in [-0.2, 0) is 10.0 Å². The Hall–Kier alpha value is -2.95. The summed E-state index contributed by atoms with van der Waals surface area (Å²) in [6.45, 7) is 5.86. The van der Waals surface area contributed by atoms with E-state index in [0.717, 1.165) is 23.5 Å². The summed E-state index contributed by atoms with van der Waals surface area (Å²) < 4.78 is 29.1. The second kappa shape index (κ2) is 10.3. The van der Waals surface area contributed by atoms with Gasteiger partial charge in [0.05, 0.1) is 10.9 Å². The summed E-state index contributed by atoms with van der Waals surface area (Å²) in [7, 11) is -3.75. The quantitative estimate of drug-likeness (QED) is 0.511. The van der Waals surface area contributed by atoms with Crippen molar-refractivity contribution in [3.63, 3.8) is 0 Å². The molecule has 4 rings (SSSR count). The topological polar surface area (TPSA) is 122 Å². The van der Waals surface area contributed by atoms with Crippen molar-refractivity contribution in [3.8, 4) is 5.75 Å². The first kappa shape index (κ1) is 23.2. The highest BCUT2D eigenvalue weighted by Crippen LogP contribution is 2.22. The minimum Gasteiger partial charge on any atom is -0.492 e. The highest BCUT2D eigenvalue weighted by Gasteiger charge is 2.17. The van der Waals surface area contributed by atoms with Crippen LogP contribution < -0.4 is 20.5 Å². The molecule has 1 aromatic carbocycles. The molecule has 1 aromatic heterocycles. The number of rotatable bonds is 9. The van der Waals surface area contributed by atoms with Crippen molar-refractivity contribution in [2.24, 2.45) is 5.14 Å². The third-order valence-electron chi connectivity index (χ3n) is 5.65. The Morgan fingerprint density at radius 2 is 1.97 bits per heavy atom. The number of aromatic nitrogens is 2. The van der Waals surface area contributed by atoms with Crippen LogP contribution in [0.15, 0.2) is 53.6 Å². The molecule has 33 heavy (non-hydrogen) atoms. The van der Waals surface area contributed by atoms with Crippen molar-refractivity contribution >= 4 is 27.5 Å². The Morgan fingerprint density at radius 1 is 1.21 bits per heavy atom. The maximum atomic E-state index is 11.6. The number of likely N-dealkylation sites (tertiary alicyclic amines) is 1. The standard InChI is InChI=1S/C23H30N6O3S/c1-17-16-25-23(28-22(17)26-19-5-4-6-21(15-19)33(24,30)31)27-18-7-9-20(10-8-18)32-14-13-29-11-2-3-12-29/h4,6-10,15-16,19H,2-3,5,11-14H2,1H3,(H2,24,30,31)(H2,25,26,27,28). The van der Waals surface area contributed by atoms with Gasteiger partial charge in [-0.25, -0.2) is 18.5 Å². The maximum Gasteiger partial charge on any atom is 0.237 e. The number of nitrogens with one attached hydrogen (secondary N) is 2. The lowest BCUT2D eigenvalue weighted by Crippen LogP contribution is -2.25. The van der Waals surface area contributed by atoms with E-state index in [2.05, 4.69) is 25.5 Å². The van der Waals surface area contributed by atoms with Crippen molar-refractivity contribution in [1.29, 1.82) is 0 Å². The zero-order valence-corrected chi connectivity index (χ0v) is 19.5. The van der Waals surface area contributed by atoms with E-state index in [4.69, 9.17) is 9.88 Å². The molecule has 1 aliphatic heterocycles. The number of hydrogen-bond donors (Lipinski definition) is 3. The Kier molecular flexibility index (Phi) is 7.26. The number of primary sulfonamides is 1. The molecule has 0 saturated carbocycles. The zero-order chi connectivity index (χ0) is 23.3. The summed E-state index contributed by atoms with van der Waals surface area (Å²) in [6.07, 6.45) is 9.82. The van der Waals surface area contributed by atoms with Gasteiger partial charge in [0.25, 0.3) is 0 Å². The fraction of sp³-hybridized carbons (Fsp3) is 0.391. The van der Waals surface area contributed by atoms with Gasteiger partial charge < -0.3 is 15.4 Å². The first-order chi connectivity index (χ1) is 15.9. The molecule has 2 heterocycles. The Labute approximate surface area is 194 Å². The van der Waals surface area contributed by atoms with Crippen LogP contribution >= 0.6 is 0 Å². The largest absolute Gasteiger partial charge is 0.492 e. The van der Waals surface area contributed by atoms with Gasteiger partial charge in [0.2, 0.25) is 16.0 Å². The molecule has 9 nitrogen and oxygen atoms in total. The van der Waals surface area contributed by atoms with Crippen LogP contribution in [0.25, 0.3) is 0 Å². The summed E-state index contributed by atoms with van der Waals surface area (Å²) in [5, 5.41) is 11.7. The Balaban J connectivity index is 1.35. The zero-order valence-electron chi connectivity index (χ0n) is 18.7. The lowest BCUT2D eigenvalue weighted by molar-refractivity contribution is 0.238. The second-order valence-electron chi connectivity index (χ2n) is 8.27. The number of nitrogens with two attached hydrogens (primary N) is 1. The summed E-state index contributed by atoms with van der Waals surface area (Å²) in [6, 6.07) is 7.46. The molecule has 2 aliphatic rings. The van der Waals surface area contributed by atoms with Crippen molar-refractivity contribution < 1.29 is 13.2 Å². The Bertz CT molecular complexity index is 1130. The van der Waals surface area contributed by atoms with E-state index in [1.54, 1.807) is 18.3 Å².